The summed E-state index contributed by atoms with van der Waals surface area (Å²) in [5.74, 6) is 1.34. The minimum Gasteiger partial charge on any atom is -0.328 e. The second-order valence-electron chi connectivity index (χ2n) is 8.50. The minimum absolute atomic E-state index is 0.0925. The molecule has 0 saturated carbocycles. The van der Waals surface area contributed by atoms with Gasteiger partial charge >= 0.3 is 0 Å². The number of amides is 1. The minimum atomic E-state index is -3.53. The predicted octanol–water partition coefficient (Wildman–Crippen LogP) is 3.78. The van der Waals surface area contributed by atoms with E-state index in [0.29, 0.717) is 30.8 Å². The Labute approximate surface area is 189 Å². The highest BCUT2D eigenvalue weighted by Gasteiger charge is 2.26. The lowest BCUT2D eigenvalue weighted by Gasteiger charge is -2.33. The molecular formula is C24H30N4O3S. The lowest BCUT2D eigenvalue weighted by molar-refractivity contribution is -0.118. The zero-order valence-electron chi connectivity index (χ0n) is 19.1. The van der Waals surface area contributed by atoms with Gasteiger partial charge in [0.25, 0.3) is 0 Å². The van der Waals surface area contributed by atoms with Crippen molar-refractivity contribution in [1.29, 1.82) is 0 Å². The Balaban J connectivity index is 1.58. The first kappa shape index (κ1) is 22.5. The van der Waals surface area contributed by atoms with Crippen molar-refractivity contribution in [1.82, 2.24) is 13.9 Å². The summed E-state index contributed by atoms with van der Waals surface area (Å²) in [6, 6.07) is 13.2. The Morgan fingerprint density at radius 1 is 1.19 bits per heavy atom. The van der Waals surface area contributed by atoms with Crippen LogP contribution in [0.5, 0.6) is 0 Å². The molecule has 0 bridgehead atoms. The standard InChI is InChI=1S/C24H30N4O3S/c1-5-27-22-11-10-18(32(30,31)26(3)4)16-20(22)25-23(27)12-13-24(29)28-15-14-17(2)19-8-6-7-9-21(19)28/h6-11,16-17H,5,12-15H2,1-4H3. The van der Waals surface area contributed by atoms with Crippen molar-refractivity contribution in [2.45, 2.75) is 50.5 Å². The molecule has 4 rings (SSSR count). The van der Waals surface area contributed by atoms with Crippen molar-refractivity contribution in [3.05, 3.63) is 53.9 Å². The molecule has 1 unspecified atom stereocenters. The van der Waals surface area contributed by atoms with Gasteiger partial charge in [0.05, 0.1) is 15.9 Å². The van der Waals surface area contributed by atoms with Crippen LogP contribution in [0.25, 0.3) is 11.0 Å². The van der Waals surface area contributed by atoms with Crippen molar-refractivity contribution in [2.75, 3.05) is 25.5 Å². The number of aromatic nitrogens is 2. The van der Waals surface area contributed by atoms with Crippen LogP contribution in [0.2, 0.25) is 0 Å². The van der Waals surface area contributed by atoms with Gasteiger partial charge in [-0.1, -0.05) is 25.1 Å². The maximum Gasteiger partial charge on any atom is 0.242 e. The number of nitrogens with zero attached hydrogens (tertiary/aromatic N) is 4. The first-order valence-electron chi connectivity index (χ1n) is 11.0. The van der Waals surface area contributed by atoms with Crippen LogP contribution in [0.15, 0.2) is 47.4 Å². The van der Waals surface area contributed by atoms with Crippen molar-refractivity contribution >= 4 is 32.7 Å². The Kier molecular flexibility index (Phi) is 6.09. The lowest BCUT2D eigenvalue weighted by Crippen LogP contribution is -2.36. The van der Waals surface area contributed by atoms with Gasteiger partial charge in [0, 0.05) is 45.7 Å². The number of para-hydroxylation sites is 1. The second kappa shape index (κ2) is 8.67. The number of hydrogen-bond acceptors (Lipinski definition) is 4. The molecule has 0 fully saturated rings. The number of benzene rings is 2. The molecule has 170 valence electrons. The van der Waals surface area contributed by atoms with Gasteiger partial charge in [-0.25, -0.2) is 17.7 Å². The van der Waals surface area contributed by atoms with E-state index in [4.69, 9.17) is 4.98 Å². The number of aryl methyl sites for hydroxylation is 2. The first-order valence-corrected chi connectivity index (χ1v) is 12.5. The highest BCUT2D eigenvalue weighted by atomic mass is 32.2. The topological polar surface area (TPSA) is 75.5 Å². The van der Waals surface area contributed by atoms with Crippen LogP contribution >= 0.6 is 0 Å². The van der Waals surface area contributed by atoms with E-state index in [-0.39, 0.29) is 10.8 Å². The summed E-state index contributed by atoms with van der Waals surface area (Å²) < 4.78 is 28.2. The molecule has 0 aliphatic carbocycles. The molecule has 7 nitrogen and oxygen atoms in total. The molecule has 0 spiro atoms. The molecule has 1 aliphatic rings. The molecule has 3 aromatic rings. The predicted molar refractivity (Wildman–Crippen MR) is 126 cm³/mol. The van der Waals surface area contributed by atoms with Crippen molar-refractivity contribution < 1.29 is 13.2 Å². The zero-order valence-corrected chi connectivity index (χ0v) is 19.9. The third kappa shape index (κ3) is 3.93. The van der Waals surface area contributed by atoms with Gasteiger partial charge in [0.2, 0.25) is 15.9 Å². The molecule has 8 heteroatoms. The fourth-order valence-corrected chi connectivity index (χ4v) is 5.36. The van der Waals surface area contributed by atoms with E-state index in [1.54, 1.807) is 18.2 Å². The quantitative estimate of drug-likeness (QED) is 0.568. The summed E-state index contributed by atoms with van der Waals surface area (Å²) in [6.07, 6.45) is 1.82. The van der Waals surface area contributed by atoms with E-state index >= 15 is 0 Å². The lowest BCUT2D eigenvalue weighted by atomic mass is 9.91. The number of carbonyl (C=O) groups is 1. The van der Waals surface area contributed by atoms with E-state index in [0.717, 1.165) is 30.0 Å². The number of imidazole rings is 1. The zero-order chi connectivity index (χ0) is 23.0. The molecule has 1 aromatic heterocycles. The number of rotatable bonds is 6. The van der Waals surface area contributed by atoms with E-state index in [1.165, 1.54) is 24.0 Å². The molecule has 1 aliphatic heterocycles. The van der Waals surface area contributed by atoms with Gasteiger partial charge in [0.15, 0.2) is 0 Å². The Morgan fingerprint density at radius 2 is 1.94 bits per heavy atom. The average molecular weight is 455 g/mol. The van der Waals surface area contributed by atoms with Crippen LogP contribution in [-0.2, 0) is 27.8 Å². The average Bonchev–Trinajstić information content (AvgIpc) is 3.14. The fraction of sp³-hybridized carbons (Fsp3) is 0.417. The third-order valence-electron chi connectivity index (χ3n) is 6.30. The molecule has 0 radical (unpaired) electrons. The van der Waals surface area contributed by atoms with Gasteiger partial charge in [0.1, 0.15) is 5.82 Å². The normalized spacial score (nSPS) is 16.5. The summed E-state index contributed by atoms with van der Waals surface area (Å²) in [5, 5.41) is 0. The molecule has 1 amide bonds. The Bertz CT molecular complexity index is 1260. The van der Waals surface area contributed by atoms with Crippen LogP contribution in [0.4, 0.5) is 5.69 Å². The molecule has 0 N–H and O–H groups in total. The second-order valence-corrected chi connectivity index (χ2v) is 10.7. The fourth-order valence-electron chi connectivity index (χ4n) is 4.44. The van der Waals surface area contributed by atoms with Crippen LogP contribution in [-0.4, -0.2) is 48.8 Å². The van der Waals surface area contributed by atoms with E-state index < -0.39 is 10.0 Å². The summed E-state index contributed by atoms with van der Waals surface area (Å²) in [5.41, 5.74) is 3.75. The molecular weight excluding hydrogens is 424 g/mol. The monoisotopic (exact) mass is 454 g/mol. The highest BCUT2D eigenvalue weighted by molar-refractivity contribution is 7.89. The van der Waals surface area contributed by atoms with E-state index in [9.17, 15) is 13.2 Å². The van der Waals surface area contributed by atoms with Gasteiger partial charge in [-0.3, -0.25) is 4.79 Å². The van der Waals surface area contributed by atoms with Crippen molar-refractivity contribution in [3.63, 3.8) is 0 Å². The summed E-state index contributed by atoms with van der Waals surface area (Å²) in [6.45, 7) is 5.66. The number of fused-ring (bicyclic) bond motifs is 2. The van der Waals surface area contributed by atoms with E-state index in [2.05, 4.69) is 17.6 Å². The van der Waals surface area contributed by atoms with Gasteiger partial charge in [-0.2, -0.15) is 0 Å². The van der Waals surface area contributed by atoms with Gasteiger partial charge in [-0.15, -0.1) is 0 Å². The third-order valence-corrected chi connectivity index (χ3v) is 8.11. The molecule has 0 saturated heterocycles. The summed E-state index contributed by atoms with van der Waals surface area (Å²) in [4.78, 5) is 19.9. The van der Waals surface area contributed by atoms with Crippen molar-refractivity contribution in [3.8, 4) is 0 Å². The van der Waals surface area contributed by atoms with Gasteiger partial charge in [-0.05, 0) is 49.1 Å². The SMILES string of the molecule is CCn1c(CCC(=O)N2CCC(C)c3ccccc32)nc2cc(S(=O)(=O)N(C)C)ccc21. The Hall–Kier alpha value is -2.71. The van der Waals surface area contributed by atoms with E-state index in [1.807, 2.05) is 30.0 Å². The molecule has 32 heavy (non-hydrogen) atoms. The molecule has 2 heterocycles. The van der Waals surface area contributed by atoms with Crippen LogP contribution < -0.4 is 4.90 Å². The number of carbonyl (C=O) groups excluding carboxylic acids is 1. The number of hydrogen-bond donors (Lipinski definition) is 0. The first-order chi connectivity index (χ1) is 15.2. The summed E-state index contributed by atoms with van der Waals surface area (Å²) in [7, 11) is -0.499. The highest BCUT2D eigenvalue weighted by Crippen LogP contribution is 2.35. The number of anilines is 1. The number of sulfonamides is 1. The maximum absolute atomic E-state index is 13.1. The van der Waals surface area contributed by atoms with Crippen LogP contribution in [0, 0.1) is 0 Å². The van der Waals surface area contributed by atoms with Crippen LogP contribution in [0.1, 0.15) is 44.0 Å². The molecule has 2 aromatic carbocycles. The smallest absolute Gasteiger partial charge is 0.242 e. The largest absolute Gasteiger partial charge is 0.328 e. The van der Waals surface area contributed by atoms with Gasteiger partial charge < -0.3 is 9.47 Å². The summed E-state index contributed by atoms with van der Waals surface area (Å²) >= 11 is 0. The van der Waals surface area contributed by atoms with Crippen LogP contribution in [0.3, 0.4) is 0 Å². The van der Waals surface area contributed by atoms with Crippen molar-refractivity contribution in [2.24, 2.45) is 0 Å². The molecule has 1 atom stereocenters. The Morgan fingerprint density at radius 3 is 2.66 bits per heavy atom. The maximum atomic E-state index is 13.1.